The third-order valence-electron chi connectivity index (χ3n) is 4.74. The summed E-state index contributed by atoms with van der Waals surface area (Å²) in [6, 6.07) is 0. The molecule has 0 aromatic carbocycles. The fraction of sp³-hybridized carbons (Fsp3) is 0.700. The highest BCUT2D eigenvalue weighted by molar-refractivity contribution is 5.10. The number of allylic oxidation sites excluding steroid dienone is 5. The van der Waals surface area contributed by atoms with Gasteiger partial charge in [0.15, 0.2) is 0 Å². The van der Waals surface area contributed by atoms with Crippen molar-refractivity contribution in [1.29, 1.82) is 0 Å². The van der Waals surface area contributed by atoms with E-state index in [2.05, 4.69) is 19.1 Å². The van der Waals surface area contributed by atoms with Crippen molar-refractivity contribution in [3.63, 3.8) is 0 Å². The van der Waals surface area contributed by atoms with Crippen LogP contribution in [-0.4, -0.2) is 5.11 Å². The molecule has 1 heteroatoms. The van der Waals surface area contributed by atoms with Crippen LogP contribution in [0.25, 0.3) is 0 Å². The van der Waals surface area contributed by atoms with Crippen LogP contribution in [0.2, 0.25) is 0 Å². The smallest absolute Gasteiger partial charge is 0.0791 e. The molecule has 0 saturated heterocycles. The normalized spacial score (nSPS) is 23.1. The van der Waals surface area contributed by atoms with E-state index in [1.165, 1.54) is 70.6 Å². The van der Waals surface area contributed by atoms with Crippen molar-refractivity contribution >= 4 is 0 Å². The molecule has 0 aliphatic heterocycles. The minimum absolute atomic E-state index is 0.915. The molecule has 0 spiro atoms. The van der Waals surface area contributed by atoms with E-state index in [4.69, 9.17) is 5.11 Å². The summed E-state index contributed by atoms with van der Waals surface area (Å²) >= 11 is 0. The summed E-state index contributed by atoms with van der Waals surface area (Å²) in [6.07, 6.45) is 26.5. The van der Waals surface area contributed by atoms with Crippen LogP contribution >= 0.6 is 0 Å². The summed E-state index contributed by atoms with van der Waals surface area (Å²) in [5, 5.41) is 8.52. The molecule has 0 amide bonds. The van der Waals surface area contributed by atoms with Gasteiger partial charge in [0.05, 0.1) is 6.26 Å². The number of aliphatic hydroxyl groups is 1. The van der Waals surface area contributed by atoms with Gasteiger partial charge in [-0.25, -0.2) is 0 Å². The largest absolute Gasteiger partial charge is 0.516 e. The van der Waals surface area contributed by atoms with E-state index in [1.54, 1.807) is 6.08 Å². The van der Waals surface area contributed by atoms with Crippen LogP contribution in [-0.2, 0) is 0 Å². The minimum Gasteiger partial charge on any atom is -0.516 e. The highest BCUT2D eigenvalue weighted by atomic mass is 16.2. The lowest BCUT2D eigenvalue weighted by Crippen LogP contribution is -2.06. The van der Waals surface area contributed by atoms with E-state index in [-0.39, 0.29) is 0 Å². The van der Waals surface area contributed by atoms with E-state index < -0.39 is 0 Å². The van der Waals surface area contributed by atoms with Crippen LogP contribution in [0.1, 0.15) is 77.6 Å². The Hall–Kier alpha value is -0.980. The molecule has 0 unspecified atom stereocenters. The Bertz CT molecular complexity index is 314. The average molecular weight is 290 g/mol. The van der Waals surface area contributed by atoms with Gasteiger partial charge in [0.1, 0.15) is 0 Å². The Morgan fingerprint density at radius 1 is 0.857 bits per heavy atom. The highest BCUT2D eigenvalue weighted by Crippen LogP contribution is 2.37. The summed E-state index contributed by atoms with van der Waals surface area (Å²) in [5.74, 6) is 1.89. The van der Waals surface area contributed by atoms with Crippen molar-refractivity contribution in [3.8, 4) is 0 Å². The molecule has 2 atom stereocenters. The maximum absolute atomic E-state index is 8.52. The quantitative estimate of drug-likeness (QED) is 0.254. The maximum Gasteiger partial charge on any atom is 0.0791 e. The second kappa shape index (κ2) is 12.7. The molecule has 0 aromatic heterocycles. The highest BCUT2D eigenvalue weighted by Gasteiger charge is 2.25. The van der Waals surface area contributed by atoms with E-state index in [0.29, 0.717) is 0 Å². The molecule has 1 rings (SSSR count). The van der Waals surface area contributed by atoms with Crippen molar-refractivity contribution in [2.24, 2.45) is 11.8 Å². The van der Waals surface area contributed by atoms with Crippen LogP contribution in [0, 0.1) is 11.8 Å². The summed E-state index contributed by atoms with van der Waals surface area (Å²) < 4.78 is 0. The van der Waals surface area contributed by atoms with Crippen molar-refractivity contribution < 1.29 is 5.11 Å². The van der Waals surface area contributed by atoms with E-state index in [1.807, 2.05) is 12.2 Å². The van der Waals surface area contributed by atoms with Crippen molar-refractivity contribution in [2.45, 2.75) is 77.6 Å². The molecule has 1 fully saturated rings. The topological polar surface area (TPSA) is 20.2 Å². The van der Waals surface area contributed by atoms with E-state index >= 15 is 0 Å². The molecule has 1 saturated carbocycles. The Balaban J connectivity index is 2.13. The van der Waals surface area contributed by atoms with Crippen molar-refractivity contribution in [2.75, 3.05) is 0 Å². The van der Waals surface area contributed by atoms with Crippen molar-refractivity contribution in [1.82, 2.24) is 0 Å². The zero-order chi connectivity index (χ0) is 15.2. The fourth-order valence-electron chi connectivity index (χ4n) is 3.50. The van der Waals surface area contributed by atoms with Gasteiger partial charge in [-0.2, -0.15) is 0 Å². The zero-order valence-corrected chi connectivity index (χ0v) is 13.8. The fourth-order valence-corrected chi connectivity index (χ4v) is 3.50. The first-order valence-corrected chi connectivity index (χ1v) is 9.01. The van der Waals surface area contributed by atoms with Gasteiger partial charge in [-0.15, -0.1) is 0 Å². The van der Waals surface area contributed by atoms with Crippen LogP contribution in [0.4, 0.5) is 0 Å². The molecule has 1 aliphatic carbocycles. The van der Waals surface area contributed by atoms with Crippen molar-refractivity contribution in [3.05, 3.63) is 36.6 Å². The molecular formula is C20H34O. The summed E-state index contributed by atoms with van der Waals surface area (Å²) in [5.41, 5.74) is 0. The zero-order valence-electron chi connectivity index (χ0n) is 13.8. The number of rotatable bonds is 11. The van der Waals surface area contributed by atoms with Gasteiger partial charge in [-0.05, 0) is 30.8 Å². The van der Waals surface area contributed by atoms with Gasteiger partial charge in [0.25, 0.3) is 0 Å². The number of unbranched alkanes of at least 4 members (excludes halogenated alkanes) is 5. The third-order valence-corrected chi connectivity index (χ3v) is 4.74. The van der Waals surface area contributed by atoms with E-state index in [0.717, 1.165) is 18.1 Å². The van der Waals surface area contributed by atoms with Crippen LogP contribution in [0.5, 0.6) is 0 Å². The second-order valence-corrected chi connectivity index (χ2v) is 6.40. The molecule has 21 heavy (non-hydrogen) atoms. The van der Waals surface area contributed by atoms with Gasteiger partial charge in [-0.1, -0.05) is 89.0 Å². The first-order valence-electron chi connectivity index (χ1n) is 9.01. The molecule has 120 valence electrons. The first kappa shape index (κ1) is 18.1. The monoisotopic (exact) mass is 290 g/mol. The molecule has 0 heterocycles. The summed E-state index contributed by atoms with van der Waals surface area (Å²) in [6.45, 7) is 2.28. The van der Waals surface area contributed by atoms with Gasteiger partial charge in [0, 0.05) is 0 Å². The Morgan fingerprint density at radius 3 is 2.38 bits per heavy atom. The Kier molecular flexibility index (Phi) is 11.0. The van der Waals surface area contributed by atoms with E-state index in [9.17, 15) is 0 Å². The second-order valence-electron chi connectivity index (χ2n) is 6.40. The van der Waals surface area contributed by atoms with Gasteiger partial charge >= 0.3 is 0 Å². The number of hydrogen-bond donors (Lipinski definition) is 1. The minimum atomic E-state index is 0.915. The Labute approximate surface area is 131 Å². The number of aliphatic hydroxyl groups excluding tert-OH is 1. The van der Waals surface area contributed by atoms with Crippen LogP contribution < -0.4 is 0 Å². The predicted octanol–water partition coefficient (Wildman–Crippen LogP) is 6.73. The molecule has 1 nitrogen and oxygen atoms in total. The number of hydrogen-bond acceptors (Lipinski definition) is 1. The van der Waals surface area contributed by atoms with Gasteiger partial charge in [-0.3, -0.25) is 0 Å². The maximum atomic E-state index is 8.52. The molecule has 0 radical (unpaired) electrons. The molecule has 0 bridgehead atoms. The van der Waals surface area contributed by atoms with Crippen LogP contribution in [0.15, 0.2) is 36.6 Å². The molecule has 1 aliphatic rings. The molecular weight excluding hydrogens is 256 g/mol. The summed E-state index contributed by atoms with van der Waals surface area (Å²) in [4.78, 5) is 0. The molecule has 1 N–H and O–H groups in total. The Morgan fingerprint density at radius 2 is 1.57 bits per heavy atom. The predicted molar refractivity (Wildman–Crippen MR) is 93.5 cm³/mol. The standard InChI is InChI=1S/C20H34O/c1-2-3-4-5-7-10-14-19-16-13-17-20(19)15-11-8-6-9-12-18-21/h6,8-9,11-12,18-21H,2-5,7,10,13-17H2,1H3/t19-,20-/m0/s1. The summed E-state index contributed by atoms with van der Waals surface area (Å²) in [7, 11) is 0. The SMILES string of the molecule is CCCCCCCC[C@H]1CCC[C@@H]1CC=CC=CC=CO. The van der Waals surface area contributed by atoms with Gasteiger partial charge < -0.3 is 5.11 Å². The third kappa shape index (κ3) is 8.80. The van der Waals surface area contributed by atoms with Gasteiger partial charge in [0.2, 0.25) is 0 Å². The first-order chi connectivity index (χ1) is 10.4. The van der Waals surface area contributed by atoms with Crippen LogP contribution in [0.3, 0.4) is 0 Å². The lowest BCUT2D eigenvalue weighted by molar-refractivity contribution is 0.352. The lowest BCUT2D eigenvalue weighted by atomic mass is 9.88. The lowest BCUT2D eigenvalue weighted by Gasteiger charge is -2.17. The molecule has 0 aromatic rings. The average Bonchev–Trinajstić information content (AvgIpc) is 2.94.